The van der Waals surface area contributed by atoms with Crippen LogP contribution < -0.4 is 19.7 Å². The summed E-state index contributed by atoms with van der Waals surface area (Å²) in [5, 5.41) is 5.73. The lowest BCUT2D eigenvalue weighted by molar-refractivity contribution is -0.143. The number of nitrogens with one attached hydrogen (secondary N) is 2. The molecule has 216 valence electrons. The zero-order valence-corrected chi connectivity index (χ0v) is 23.0. The molecule has 5 rings (SSSR count). The highest BCUT2D eigenvalue weighted by Gasteiger charge is 2.36. The molecule has 0 fully saturated rings. The number of hydrogen-bond acceptors (Lipinski definition) is 9. The van der Waals surface area contributed by atoms with Crippen molar-refractivity contribution in [2.75, 3.05) is 36.6 Å². The third-order valence-corrected chi connectivity index (χ3v) is 7.78. The Balaban J connectivity index is 1.56. The number of benzene rings is 1. The Morgan fingerprint density at radius 1 is 1.20 bits per heavy atom. The zero-order chi connectivity index (χ0) is 29.5. The number of rotatable bonds is 8. The van der Waals surface area contributed by atoms with Crippen LogP contribution in [0.3, 0.4) is 0 Å². The lowest BCUT2D eigenvalue weighted by atomic mass is 10.0. The molecule has 2 N–H and O–H groups in total. The summed E-state index contributed by atoms with van der Waals surface area (Å²) >= 11 is 0. The summed E-state index contributed by atoms with van der Waals surface area (Å²) in [6, 6.07) is 4.40. The molecule has 0 bridgehead atoms. The maximum atomic E-state index is 14.1. The van der Waals surface area contributed by atoms with Crippen molar-refractivity contribution in [1.82, 2.24) is 29.8 Å². The van der Waals surface area contributed by atoms with Crippen molar-refractivity contribution in [2.45, 2.75) is 25.6 Å². The predicted octanol–water partition coefficient (Wildman–Crippen LogP) is 2.65. The van der Waals surface area contributed by atoms with Gasteiger partial charge in [0.05, 0.1) is 31.5 Å². The van der Waals surface area contributed by atoms with Gasteiger partial charge < -0.3 is 19.9 Å². The fourth-order valence-electron chi connectivity index (χ4n) is 4.54. The Morgan fingerprint density at radius 2 is 1.95 bits per heavy atom. The Labute approximate surface area is 232 Å². The summed E-state index contributed by atoms with van der Waals surface area (Å²) in [6.07, 6.45) is 0.753. The maximum absolute atomic E-state index is 14.1. The number of anilines is 3. The van der Waals surface area contributed by atoms with E-state index in [1.807, 2.05) is 0 Å². The summed E-state index contributed by atoms with van der Waals surface area (Å²) in [7, 11) is -0.971. The van der Waals surface area contributed by atoms with E-state index < -0.39 is 28.4 Å². The Bertz CT molecular complexity index is 1760. The molecule has 0 atom stereocenters. The van der Waals surface area contributed by atoms with E-state index in [4.69, 9.17) is 4.74 Å². The summed E-state index contributed by atoms with van der Waals surface area (Å²) in [4.78, 5) is 28.6. The highest BCUT2D eigenvalue weighted by atomic mass is 32.2. The van der Waals surface area contributed by atoms with Gasteiger partial charge in [-0.3, -0.25) is 14.1 Å². The monoisotopic (exact) mass is 590 g/mol. The molecular weight excluding hydrogens is 565 g/mol. The van der Waals surface area contributed by atoms with Crippen LogP contribution >= 0.6 is 0 Å². The van der Waals surface area contributed by atoms with Crippen LogP contribution in [0.1, 0.15) is 22.5 Å². The molecule has 3 aromatic heterocycles. The molecule has 0 aliphatic carbocycles. The number of nitrogens with zero attached hydrogens (tertiary/aromatic N) is 6. The molecule has 16 heteroatoms. The lowest BCUT2D eigenvalue weighted by Crippen LogP contribution is -2.28. The molecule has 0 unspecified atom stereocenters. The topological polar surface area (TPSA) is 144 Å². The predicted molar refractivity (Wildman–Crippen MR) is 144 cm³/mol. The molecule has 0 radical (unpaired) electrons. The average Bonchev–Trinajstić information content (AvgIpc) is 3.55. The standard InChI is InChI=1S/C25H25F3N8O4S/c1-29-20(37)11-14-4-5-17(21-16(14)6-9-40-21)33-24-32-12-15-10-19(25(26,27)28)36(22(15)34-24)13-18-23(31-8-7-30-18)35(2)41(3,38)39/h4-5,7-8,10,12H,6,9,11,13H2,1-3H3,(H,29,37)(H,32,33,34). The fraction of sp³-hybridized carbons (Fsp3) is 0.320. The first-order chi connectivity index (χ1) is 19.4. The van der Waals surface area contributed by atoms with E-state index in [9.17, 15) is 26.4 Å². The average molecular weight is 591 g/mol. The molecule has 4 heterocycles. The number of halogens is 3. The number of carbonyl (C=O) groups excluding carboxylic acids is 1. The Morgan fingerprint density at radius 3 is 2.66 bits per heavy atom. The number of ether oxygens (including phenoxy) is 1. The maximum Gasteiger partial charge on any atom is 0.431 e. The number of sulfonamides is 1. The first-order valence-corrected chi connectivity index (χ1v) is 14.1. The van der Waals surface area contributed by atoms with E-state index in [0.29, 0.717) is 24.5 Å². The first-order valence-electron chi connectivity index (χ1n) is 12.3. The van der Waals surface area contributed by atoms with Crippen LogP contribution in [0.4, 0.5) is 30.6 Å². The molecule has 12 nitrogen and oxygen atoms in total. The van der Waals surface area contributed by atoms with Gasteiger partial charge in [-0.05, 0) is 17.7 Å². The highest BCUT2D eigenvalue weighted by molar-refractivity contribution is 7.92. The highest BCUT2D eigenvalue weighted by Crippen LogP contribution is 2.38. The number of fused-ring (bicyclic) bond motifs is 2. The third kappa shape index (κ3) is 5.59. The van der Waals surface area contributed by atoms with Gasteiger partial charge in [0.25, 0.3) is 0 Å². The second kappa shape index (κ2) is 10.5. The summed E-state index contributed by atoms with van der Waals surface area (Å²) in [5.74, 6) is 0.273. The van der Waals surface area contributed by atoms with Crippen molar-refractivity contribution >= 4 is 44.4 Å². The molecule has 1 aliphatic heterocycles. The van der Waals surface area contributed by atoms with Crippen LogP contribution in [0.25, 0.3) is 11.0 Å². The van der Waals surface area contributed by atoms with E-state index in [-0.39, 0.29) is 40.8 Å². The summed E-state index contributed by atoms with van der Waals surface area (Å²) < 4.78 is 74.1. The van der Waals surface area contributed by atoms with Crippen molar-refractivity contribution < 1.29 is 31.1 Å². The molecule has 1 amide bonds. The van der Waals surface area contributed by atoms with Crippen molar-refractivity contribution in [3.8, 4) is 5.75 Å². The number of amides is 1. The Kier molecular flexibility index (Phi) is 7.19. The van der Waals surface area contributed by atoms with Crippen molar-refractivity contribution in [3.63, 3.8) is 0 Å². The largest absolute Gasteiger partial charge is 0.491 e. The lowest BCUT2D eigenvalue weighted by Gasteiger charge is -2.19. The molecule has 1 aromatic carbocycles. The van der Waals surface area contributed by atoms with Gasteiger partial charge in [-0.1, -0.05) is 6.07 Å². The summed E-state index contributed by atoms with van der Waals surface area (Å²) in [6.45, 7) is -0.0562. The van der Waals surface area contributed by atoms with Crippen LogP contribution in [0.15, 0.2) is 36.8 Å². The SMILES string of the molecule is CNC(=O)Cc1ccc(Nc2ncc3cc(C(F)(F)F)n(Cc4nccnc4N(C)S(C)(=O)=O)c3n2)c2c1CCO2. The second-order valence-corrected chi connectivity index (χ2v) is 11.3. The van der Waals surface area contributed by atoms with Gasteiger partial charge in [-0.2, -0.15) is 18.2 Å². The quantitative estimate of drug-likeness (QED) is 0.316. The molecule has 41 heavy (non-hydrogen) atoms. The van der Waals surface area contributed by atoms with Gasteiger partial charge in [-0.25, -0.2) is 18.4 Å². The van der Waals surface area contributed by atoms with Gasteiger partial charge in [0, 0.05) is 50.1 Å². The molecule has 0 spiro atoms. The molecule has 1 aliphatic rings. The van der Waals surface area contributed by atoms with Crippen molar-refractivity contribution in [2.24, 2.45) is 0 Å². The zero-order valence-electron chi connectivity index (χ0n) is 22.2. The minimum absolute atomic E-state index is 0.00512. The Hall–Kier alpha value is -4.47. The van der Waals surface area contributed by atoms with Gasteiger partial charge in [-0.15, -0.1) is 0 Å². The van der Waals surface area contributed by atoms with Gasteiger partial charge in [0.1, 0.15) is 22.8 Å². The van der Waals surface area contributed by atoms with Crippen LogP contribution in [0.2, 0.25) is 0 Å². The minimum atomic E-state index is -4.76. The number of likely N-dealkylation sites (N-methyl/N-ethyl adjacent to an activating group) is 1. The smallest absolute Gasteiger partial charge is 0.431 e. The van der Waals surface area contributed by atoms with Crippen LogP contribution in [0.5, 0.6) is 5.75 Å². The molecular formula is C25H25F3N8O4S. The van der Waals surface area contributed by atoms with Crippen LogP contribution in [0, 0.1) is 0 Å². The minimum Gasteiger partial charge on any atom is -0.491 e. The van der Waals surface area contributed by atoms with E-state index in [2.05, 4.69) is 30.6 Å². The van der Waals surface area contributed by atoms with Crippen molar-refractivity contribution in [3.05, 3.63) is 59.3 Å². The van der Waals surface area contributed by atoms with Crippen molar-refractivity contribution in [1.29, 1.82) is 0 Å². The van der Waals surface area contributed by atoms with E-state index in [1.54, 1.807) is 19.2 Å². The number of hydrogen-bond donors (Lipinski definition) is 2. The van der Waals surface area contributed by atoms with E-state index >= 15 is 0 Å². The summed E-state index contributed by atoms with van der Waals surface area (Å²) in [5.41, 5.74) is 1.09. The molecule has 0 saturated carbocycles. The van der Waals surface area contributed by atoms with Gasteiger partial charge >= 0.3 is 6.18 Å². The number of aromatic nitrogens is 5. The number of alkyl halides is 3. The number of carbonyl (C=O) groups is 1. The first kappa shape index (κ1) is 28.1. The molecule has 4 aromatic rings. The normalized spacial score (nSPS) is 13.1. The van der Waals surface area contributed by atoms with E-state index in [0.717, 1.165) is 32.3 Å². The second-order valence-electron chi connectivity index (χ2n) is 9.30. The molecule has 0 saturated heterocycles. The van der Waals surface area contributed by atoms with Crippen LogP contribution in [-0.4, -0.2) is 65.8 Å². The van der Waals surface area contributed by atoms with Crippen LogP contribution in [-0.2, 0) is 40.4 Å². The van der Waals surface area contributed by atoms with Gasteiger partial charge in [0.15, 0.2) is 5.82 Å². The van der Waals surface area contributed by atoms with E-state index in [1.165, 1.54) is 25.6 Å². The van der Waals surface area contributed by atoms with Gasteiger partial charge in [0.2, 0.25) is 21.9 Å². The fourth-order valence-corrected chi connectivity index (χ4v) is 5.01. The third-order valence-electron chi connectivity index (χ3n) is 6.61.